The Balaban J connectivity index is 4.40. The molecule has 0 rings (SSSR count). The summed E-state index contributed by atoms with van der Waals surface area (Å²) < 4.78 is 17.3. The molecule has 0 saturated heterocycles. The Hall–Kier alpha value is -3.70. The molecular formula is C59H96O5. The van der Waals surface area contributed by atoms with E-state index in [0.29, 0.717) is 19.4 Å². The standard InChI is InChI=1S/C59H96O5/c1-4-7-10-13-16-19-22-25-27-29-30-31-32-35-37-40-43-46-49-52-58(60)63-56-57(64-59(61)53-50-47-44-41-38-34-24-21-18-15-12-9-6-3)55-62-54-51-48-45-42-39-36-33-28-26-23-20-17-14-11-8-5-2/h8-9,11-12,16-21,25-28,34,36,38-39,44,47,57H,4-7,10,13-15,22-24,29-33,35,37,40-43,45-46,48-56H2,1-3H3/b11-8-,12-9-,19-16-,20-17-,21-18-,27-25-,28-26-,38-34-,39-36-,47-44-. The maximum Gasteiger partial charge on any atom is 0.306 e. The van der Waals surface area contributed by atoms with Crippen LogP contribution in [0.25, 0.3) is 0 Å². The molecule has 362 valence electrons. The molecule has 1 atom stereocenters. The van der Waals surface area contributed by atoms with Crippen LogP contribution in [0.15, 0.2) is 122 Å². The number of hydrogen-bond donors (Lipinski definition) is 0. The third-order valence-corrected chi connectivity index (χ3v) is 10.5. The van der Waals surface area contributed by atoms with Gasteiger partial charge in [-0.1, -0.05) is 206 Å². The molecule has 5 nitrogen and oxygen atoms in total. The topological polar surface area (TPSA) is 61.8 Å². The lowest BCUT2D eigenvalue weighted by atomic mass is 10.1. The number of ether oxygens (including phenoxy) is 3. The van der Waals surface area contributed by atoms with E-state index in [9.17, 15) is 9.59 Å². The number of unbranched alkanes of at least 4 members (excludes halogenated alkanes) is 15. The van der Waals surface area contributed by atoms with E-state index in [2.05, 4.69) is 136 Å². The molecule has 0 amide bonds. The van der Waals surface area contributed by atoms with Gasteiger partial charge >= 0.3 is 11.9 Å². The molecule has 64 heavy (non-hydrogen) atoms. The van der Waals surface area contributed by atoms with Gasteiger partial charge in [-0.2, -0.15) is 0 Å². The van der Waals surface area contributed by atoms with Crippen molar-refractivity contribution in [1.29, 1.82) is 0 Å². The Bertz CT molecular complexity index is 1320. The summed E-state index contributed by atoms with van der Waals surface area (Å²) >= 11 is 0. The first-order valence-corrected chi connectivity index (χ1v) is 26.1. The minimum Gasteiger partial charge on any atom is -0.462 e. The minimum absolute atomic E-state index is 0.0341. The monoisotopic (exact) mass is 885 g/mol. The predicted octanol–water partition coefficient (Wildman–Crippen LogP) is 17.8. The molecule has 0 aromatic rings. The van der Waals surface area contributed by atoms with Crippen LogP contribution in [0.1, 0.15) is 213 Å². The molecule has 0 aromatic carbocycles. The van der Waals surface area contributed by atoms with Gasteiger partial charge in [0.25, 0.3) is 0 Å². The van der Waals surface area contributed by atoms with Gasteiger partial charge in [0.1, 0.15) is 6.61 Å². The zero-order chi connectivity index (χ0) is 46.3. The molecule has 1 unspecified atom stereocenters. The zero-order valence-corrected chi connectivity index (χ0v) is 41.5. The number of carbonyl (C=O) groups is 2. The molecule has 0 bridgehead atoms. The van der Waals surface area contributed by atoms with Crippen LogP contribution in [-0.4, -0.2) is 37.9 Å². The first kappa shape index (κ1) is 60.3. The molecule has 0 heterocycles. The largest absolute Gasteiger partial charge is 0.462 e. The molecule has 0 saturated carbocycles. The number of allylic oxidation sites excluding steroid dienone is 20. The van der Waals surface area contributed by atoms with Crippen molar-refractivity contribution >= 4 is 11.9 Å². The number of rotatable bonds is 46. The minimum atomic E-state index is -0.600. The van der Waals surface area contributed by atoms with E-state index in [1.165, 1.54) is 70.6 Å². The highest BCUT2D eigenvalue weighted by atomic mass is 16.6. The van der Waals surface area contributed by atoms with E-state index in [1.54, 1.807) is 0 Å². The van der Waals surface area contributed by atoms with E-state index >= 15 is 0 Å². The summed E-state index contributed by atoms with van der Waals surface area (Å²) in [6.07, 6.45) is 75.1. The molecule has 0 aliphatic rings. The number of esters is 2. The summed E-state index contributed by atoms with van der Waals surface area (Å²) in [6, 6.07) is 0. The second-order valence-electron chi connectivity index (χ2n) is 16.7. The van der Waals surface area contributed by atoms with Gasteiger partial charge < -0.3 is 14.2 Å². The second-order valence-corrected chi connectivity index (χ2v) is 16.7. The van der Waals surface area contributed by atoms with Gasteiger partial charge in [0.15, 0.2) is 6.10 Å². The van der Waals surface area contributed by atoms with Gasteiger partial charge in [0.05, 0.1) is 6.61 Å². The third kappa shape index (κ3) is 50.9. The maximum absolute atomic E-state index is 12.8. The highest BCUT2D eigenvalue weighted by molar-refractivity contribution is 5.70. The van der Waals surface area contributed by atoms with Gasteiger partial charge in [-0.15, -0.1) is 0 Å². The van der Waals surface area contributed by atoms with E-state index in [1.807, 2.05) is 6.08 Å². The molecule has 0 aliphatic carbocycles. The van der Waals surface area contributed by atoms with Crippen LogP contribution >= 0.6 is 0 Å². The lowest BCUT2D eigenvalue weighted by Gasteiger charge is -2.18. The Morgan fingerprint density at radius 3 is 1.19 bits per heavy atom. The van der Waals surface area contributed by atoms with Gasteiger partial charge in [-0.05, 0) is 116 Å². The SMILES string of the molecule is CC/C=C\C/C=C\C/C=C\C/C=C\CCCCCOCC(COC(=O)CCCCCCCCCCC/C=C\C/C=C\CCCCC)OC(=O)CC/C=C\C/C=C\C/C=C\C/C=C\CC. The molecule has 5 heteroatoms. The van der Waals surface area contributed by atoms with Gasteiger partial charge in [-0.25, -0.2) is 0 Å². The smallest absolute Gasteiger partial charge is 0.306 e. The van der Waals surface area contributed by atoms with Crippen LogP contribution in [0, 0.1) is 0 Å². The molecule has 0 fully saturated rings. The number of carbonyl (C=O) groups excluding carboxylic acids is 2. The first-order valence-electron chi connectivity index (χ1n) is 26.1. The highest BCUT2D eigenvalue weighted by Gasteiger charge is 2.17. The van der Waals surface area contributed by atoms with Crippen molar-refractivity contribution in [3.63, 3.8) is 0 Å². The summed E-state index contributed by atoms with van der Waals surface area (Å²) in [5, 5.41) is 0. The highest BCUT2D eigenvalue weighted by Crippen LogP contribution is 2.13. The average molecular weight is 885 g/mol. The van der Waals surface area contributed by atoms with Crippen LogP contribution in [0.2, 0.25) is 0 Å². The van der Waals surface area contributed by atoms with Crippen LogP contribution < -0.4 is 0 Å². The summed E-state index contributed by atoms with van der Waals surface area (Å²) in [6.45, 7) is 7.41. The van der Waals surface area contributed by atoms with Crippen molar-refractivity contribution in [2.75, 3.05) is 19.8 Å². The van der Waals surface area contributed by atoms with E-state index in [0.717, 1.165) is 103 Å². The Labute approximate surface area is 395 Å². The van der Waals surface area contributed by atoms with Crippen molar-refractivity contribution < 1.29 is 23.8 Å². The molecule has 0 aromatic heterocycles. The van der Waals surface area contributed by atoms with Crippen LogP contribution in [-0.2, 0) is 23.8 Å². The van der Waals surface area contributed by atoms with Gasteiger partial charge in [0.2, 0.25) is 0 Å². The van der Waals surface area contributed by atoms with Crippen molar-refractivity contribution in [2.45, 2.75) is 219 Å². The summed E-state index contributed by atoms with van der Waals surface area (Å²) in [5.74, 6) is -0.521. The fourth-order valence-electron chi connectivity index (χ4n) is 6.66. The Morgan fingerprint density at radius 1 is 0.359 bits per heavy atom. The summed E-state index contributed by atoms with van der Waals surface area (Å²) in [5.41, 5.74) is 0. The zero-order valence-electron chi connectivity index (χ0n) is 41.5. The van der Waals surface area contributed by atoms with Crippen LogP contribution in [0.4, 0.5) is 0 Å². The predicted molar refractivity (Wildman–Crippen MR) is 279 cm³/mol. The molecule has 0 N–H and O–H groups in total. The Morgan fingerprint density at radius 2 is 0.734 bits per heavy atom. The Kier molecular flexibility index (Phi) is 50.5. The van der Waals surface area contributed by atoms with Crippen molar-refractivity contribution in [1.82, 2.24) is 0 Å². The normalized spacial score (nSPS) is 13.2. The lowest BCUT2D eigenvalue weighted by molar-refractivity contribution is -0.162. The van der Waals surface area contributed by atoms with Crippen molar-refractivity contribution in [3.8, 4) is 0 Å². The molecule has 0 spiro atoms. The first-order chi connectivity index (χ1) is 31.6. The third-order valence-electron chi connectivity index (χ3n) is 10.5. The summed E-state index contributed by atoms with van der Waals surface area (Å²) in [4.78, 5) is 25.4. The molecule has 0 radical (unpaired) electrons. The van der Waals surface area contributed by atoms with Gasteiger partial charge in [-0.3, -0.25) is 9.59 Å². The second kappa shape index (κ2) is 53.6. The van der Waals surface area contributed by atoms with Crippen LogP contribution in [0.3, 0.4) is 0 Å². The number of hydrogen-bond acceptors (Lipinski definition) is 5. The van der Waals surface area contributed by atoms with E-state index in [-0.39, 0.29) is 31.6 Å². The molecule has 0 aliphatic heterocycles. The molecular weight excluding hydrogens is 789 g/mol. The quantitative estimate of drug-likeness (QED) is 0.0346. The average Bonchev–Trinajstić information content (AvgIpc) is 3.30. The van der Waals surface area contributed by atoms with Crippen molar-refractivity contribution in [2.24, 2.45) is 0 Å². The fourth-order valence-corrected chi connectivity index (χ4v) is 6.66. The van der Waals surface area contributed by atoms with Crippen LogP contribution in [0.5, 0.6) is 0 Å². The van der Waals surface area contributed by atoms with E-state index in [4.69, 9.17) is 14.2 Å². The van der Waals surface area contributed by atoms with Crippen molar-refractivity contribution in [3.05, 3.63) is 122 Å². The maximum atomic E-state index is 12.8. The summed E-state index contributed by atoms with van der Waals surface area (Å²) in [7, 11) is 0. The fraction of sp³-hybridized carbons (Fsp3) is 0.627. The van der Waals surface area contributed by atoms with E-state index < -0.39 is 6.10 Å². The lowest BCUT2D eigenvalue weighted by Crippen LogP contribution is -2.30. The van der Waals surface area contributed by atoms with Gasteiger partial charge in [0, 0.05) is 19.4 Å².